The summed E-state index contributed by atoms with van der Waals surface area (Å²) >= 11 is 0. The number of carbonyl (C=O) groups is 1. The second-order valence-electron chi connectivity index (χ2n) is 3.94. The van der Waals surface area contributed by atoms with Crippen LogP contribution < -0.4 is 5.73 Å². The normalized spacial score (nSPS) is 12.2. The Kier molecular flexibility index (Phi) is 4.92. The quantitative estimate of drug-likeness (QED) is 0.812. The Morgan fingerprint density at radius 2 is 2.12 bits per heavy atom. The van der Waals surface area contributed by atoms with Crippen LogP contribution in [0.5, 0.6) is 0 Å². The van der Waals surface area contributed by atoms with Gasteiger partial charge in [-0.2, -0.15) is 0 Å². The van der Waals surface area contributed by atoms with Crippen LogP contribution in [-0.4, -0.2) is 28.4 Å². The highest BCUT2D eigenvalue weighted by Gasteiger charge is 2.13. The molecule has 1 unspecified atom stereocenters. The summed E-state index contributed by atoms with van der Waals surface area (Å²) in [5, 5.41) is 0. The second kappa shape index (κ2) is 6.23. The van der Waals surface area contributed by atoms with Gasteiger partial charge in [-0.05, 0) is 31.5 Å². The van der Waals surface area contributed by atoms with Crippen LogP contribution in [0.2, 0.25) is 0 Å². The molecule has 1 atom stereocenters. The second-order valence-corrected chi connectivity index (χ2v) is 3.94. The topological polar surface area (TPSA) is 59.2 Å². The van der Waals surface area contributed by atoms with Gasteiger partial charge in [-0.3, -0.25) is 9.78 Å². The molecule has 0 fully saturated rings. The fourth-order valence-corrected chi connectivity index (χ4v) is 1.49. The lowest BCUT2D eigenvalue weighted by Crippen LogP contribution is -2.34. The molecule has 2 N–H and O–H groups in total. The molecule has 1 aromatic rings. The van der Waals surface area contributed by atoms with E-state index in [1.165, 1.54) is 0 Å². The average Bonchev–Trinajstić information content (AvgIpc) is 2.26. The summed E-state index contributed by atoms with van der Waals surface area (Å²) in [5.41, 5.74) is 6.71. The highest BCUT2D eigenvalue weighted by molar-refractivity contribution is 5.76. The maximum Gasteiger partial charge on any atom is 0.224 e. The number of hydrogen-bond acceptors (Lipinski definition) is 3. The van der Waals surface area contributed by atoms with Crippen LogP contribution in [0.3, 0.4) is 0 Å². The summed E-state index contributed by atoms with van der Waals surface area (Å²) < 4.78 is 0. The first-order chi connectivity index (χ1) is 7.63. The average molecular weight is 221 g/mol. The molecule has 1 heterocycles. The first-order valence-corrected chi connectivity index (χ1v) is 5.55. The molecule has 4 nitrogen and oxygen atoms in total. The molecule has 16 heavy (non-hydrogen) atoms. The zero-order valence-corrected chi connectivity index (χ0v) is 9.89. The standard InChI is InChI=1S/C12H19N3O/c1-3-15(12(16)8-10(2)13)9-11-4-6-14-7-5-11/h4-7,10H,3,8-9,13H2,1-2H3. The summed E-state index contributed by atoms with van der Waals surface area (Å²) in [4.78, 5) is 17.6. The molecule has 0 aromatic carbocycles. The smallest absolute Gasteiger partial charge is 0.224 e. The highest BCUT2D eigenvalue weighted by Crippen LogP contribution is 2.05. The third kappa shape index (κ3) is 3.98. The van der Waals surface area contributed by atoms with Crippen molar-refractivity contribution in [2.75, 3.05) is 6.54 Å². The summed E-state index contributed by atoms with van der Waals surface area (Å²) in [6, 6.07) is 3.75. The molecule has 0 radical (unpaired) electrons. The van der Waals surface area contributed by atoms with Crippen molar-refractivity contribution in [3.63, 3.8) is 0 Å². The van der Waals surface area contributed by atoms with E-state index >= 15 is 0 Å². The van der Waals surface area contributed by atoms with Crippen molar-refractivity contribution in [3.8, 4) is 0 Å². The zero-order chi connectivity index (χ0) is 12.0. The predicted molar refractivity (Wildman–Crippen MR) is 63.6 cm³/mol. The minimum Gasteiger partial charge on any atom is -0.339 e. The fourth-order valence-electron chi connectivity index (χ4n) is 1.49. The van der Waals surface area contributed by atoms with E-state index in [1.807, 2.05) is 26.0 Å². The number of amides is 1. The maximum absolute atomic E-state index is 11.8. The van der Waals surface area contributed by atoms with E-state index in [9.17, 15) is 4.79 Å². The van der Waals surface area contributed by atoms with E-state index in [0.29, 0.717) is 19.5 Å². The van der Waals surface area contributed by atoms with Gasteiger partial charge in [0.1, 0.15) is 0 Å². The lowest BCUT2D eigenvalue weighted by molar-refractivity contribution is -0.131. The molecule has 1 rings (SSSR count). The van der Waals surface area contributed by atoms with E-state index in [4.69, 9.17) is 5.73 Å². The molecule has 4 heteroatoms. The Balaban J connectivity index is 2.58. The van der Waals surface area contributed by atoms with Gasteiger partial charge in [0.2, 0.25) is 5.91 Å². The summed E-state index contributed by atoms with van der Waals surface area (Å²) in [7, 11) is 0. The number of hydrogen-bond donors (Lipinski definition) is 1. The van der Waals surface area contributed by atoms with Gasteiger partial charge in [0.15, 0.2) is 0 Å². The summed E-state index contributed by atoms with van der Waals surface area (Å²) in [6.07, 6.45) is 3.87. The molecule has 0 aliphatic carbocycles. The van der Waals surface area contributed by atoms with Crippen LogP contribution in [0.4, 0.5) is 0 Å². The van der Waals surface area contributed by atoms with Gasteiger partial charge in [0.25, 0.3) is 0 Å². The van der Waals surface area contributed by atoms with E-state index in [2.05, 4.69) is 4.98 Å². The Bertz CT molecular complexity index is 324. The summed E-state index contributed by atoms with van der Waals surface area (Å²) in [5.74, 6) is 0.106. The minimum absolute atomic E-state index is 0.0843. The van der Waals surface area contributed by atoms with Gasteiger partial charge in [-0.25, -0.2) is 0 Å². The van der Waals surface area contributed by atoms with Crippen molar-refractivity contribution in [1.82, 2.24) is 9.88 Å². The third-order valence-corrected chi connectivity index (χ3v) is 2.35. The molecule has 0 aliphatic rings. The fraction of sp³-hybridized carbons (Fsp3) is 0.500. The zero-order valence-electron chi connectivity index (χ0n) is 9.89. The van der Waals surface area contributed by atoms with Crippen molar-refractivity contribution in [1.29, 1.82) is 0 Å². The van der Waals surface area contributed by atoms with Crippen LogP contribution in [0.1, 0.15) is 25.8 Å². The van der Waals surface area contributed by atoms with Gasteiger partial charge < -0.3 is 10.6 Å². The monoisotopic (exact) mass is 221 g/mol. The van der Waals surface area contributed by atoms with Gasteiger partial charge in [-0.15, -0.1) is 0 Å². The van der Waals surface area contributed by atoms with Crippen molar-refractivity contribution in [2.24, 2.45) is 5.73 Å². The van der Waals surface area contributed by atoms with E-state index in [1.54, 1.807) is 17.3 Å². The lowest BCUT2D eigenvalue weighted by Gasteiger charge is -2.21. The summed E-state index contributed by atoms with van der Waals surface area (Å²) in [6.45, 7) is 5.15. The van der Waals surface area contributed by atoms with Crippen LogP contribution in [0, 0.1) is 0 Å². The Labute approximate surface area is 96.5 Å². The predicted octanol–water partition coefficient (Wildman–Crippen LogP) is 1.17. The van der Waals surface area contributed by atoms with Gasteiger partial charge >= 0.3 is 0 Å². The number of nitrogens with zero attached hydrogens (tertiary/aromatic N) is 2. The number of nitrogens with two attached hydrogens (primary N) is 1. The molecular weight excluding hydrogens is 202 g/mol. The van der Waals surface area contributed by atoms with Crippen LogP contribution in [0.25, 0.3) is 0 Å². The first-order valence-electron chi connectivity index (χ1n) is 5.55. The molecule has 0 saturated heterocycles. The van der Waals surface area contributed by atoms with Crippen LogP contribution in [-0.2, 0) is 11.3 Å². The molecule has 0 spiro atoms. The molecule has 0 saturated carbocycles. The van der Waals surface area contributed by atoms with Crippen LogP contribution >= 0.6 is 0 Å². The van der Waals surface area contributed by atoms with Crippen molar-refractivity contribution in [2.45, 2.75) is 32.9 Å². The molecule has 1 amide bonds. The Morgan fingerprint density at radius 3 is 2.62 bits per heavy atom. The third-order valence-electron chi connectivity index (χ3n) is 2.35. The maximum atomic E-state index is 11.8. The lowest BCUT2D eigenvalue weighted by atomic mass is 10.2. The molecule has 0 aliphatic heterocycles. The number of rotatable bonds is 5. The highest BCUT2D eigenvalue weighted by atomic mass is 16.2. The van der Waals surface area contributed by atoms with E-state index < -0.39 is 0 Å². The number of aromatic nitrogens is 1. The number of pyridine rings is 1. The first kappa shape index (κ1) is 12.6. The largest absolute Gasteiger partial charge is 0.339 e. The van der Waals surface area contributed by atoms with E-state index in [-0.39, 0.29) is 11.9 Å². The molecule has 88 valence electrons. The Hall–Kier alpha value is -1.42. The van der Waals surface area contributed by atoms with Crippen LogP contribution in [0.15, 0.2) is 24.5 Å². The minimum atomic E-state index is -0.0843. The SMILES string of the molecule is CCN(Cc1ccncc1)C(=O)CC(C)N. The van der Waals surface area contributed by atoms with Gasteiger partial charge in [0, 0.05) is 37.9 Å². The van der Waals surface area contributed by atoms with Crippen molar-refractivity contribution >= 4 is 5.91 Å². The number of carbonyl (C=O) groups excluding carboxylic acids is 1. The molecule has 1 aromatic heterocycles. The molecule has 0 bridgehead atoms. The van der Waals surface area contributed by atoms with Gasteiger partial charge in [-0.1, -0.05) is 0 Å². The van der Waals surface area contributed by atoms with E-state index in [0.717, 1.165) is 5.56 Å². The Morgan fingerprint density at radius 1 is 1.50 bits per heavy atom. The van der Waals surface area contributed by atoms with Crippen molar-refractivity contribution < 1.29 is 4.79 Å². The van der Waals surface area contributed by atoms with Crippen molar-refractivity contribution in [3.05, 3.63) is 30.1 Å². The molecular formula is C12H19N3O. The van der Waals surface area contributed by atoms with Gasteiger partial charge in [0.05, 0.1) is 0 Å².